The molecule has 0 saturated carbocycles. The lowest BCUT2D eigenvalue weighted by atomic mass is 9.92. The summed E-state index contributed by atoms with van der Waals surface area (Å²) in [5, 5.41) is 3.33. The minimum Gasteiger partial charge on any atom is -0.340 e. The summed E-state index contributed by atoms with van der Waals surface area (Å²) in [6.07, 6.45) is 10.4. The van der Waals surface area contributed by atoms with E-state index in [0.717, 1.165) is 24.1 Å². The van der Waals surface area contributed by atoms with Crippen molar-refractivity contribution in [3.63, 3.8) is 0 Å². The van der Waals surface area contributed by atoms with Crippen molar-refractivity contribution in [1.82, 2.24) is 29.8 Å². The van der Waals surface area contributed by atoms with Gasteiger partial charge in [0.1, 0.15) is 17.3 Å². The zero-order valence-corrected chi connectivity index (χ0v) is 17.4. The number of pyridine rings is 1. The smallest absolute Gasteiger partial charge is 0.219 e. The average molecular weight is 403 g/mol. The molecule has 0 bridgehead atoms. The molecule has 8 heteroatoms. The van der Waals surface area contributed by atoms with E-state index in [1.165, 1.54) is 0 Å². The maximum atomic E-state index is 12.1. The predicted octanol–water partition coefficient (Wildman–Crippen LogP) is 3.50. The van der Waals surface area contributed by atoms with Gasteiger partial charge in [-0.3, -0.25) is 19.7 Å². The van der Waals surface area contributed by atoms with E-state index in [1.807, 2.05) is 24.0 Å². The van der Waals surface area contributed by atoms with Crippen LogP contribution in [-0.4, -0.2) is 48.3 Å². The van der Waals surface area contributed by atoms with Crippen LogP contribution in [0, 0.1) is 6.92 Å². The highest BCUT2D eigenvalue weighted by molar-refractivity contribution is 5.73. The Morgan fingerprint density at radius 1 is 1.07 bits per heavy atom. The van der Waals surface area contributed by atoms with E-state index in [9.17, 15) is 4.79 Å². The summed E-state index contributed by atoms with van der Waals surface area (Å²) in [5.74, 6) is 1.53. The molecule has 0 aliphatic carbocycles. The second-order valence-electron chi connectivity index (χ2n) is 7.76. The molecule has 1 saturated heterocycles. The molecule has 0 radical (unpaired) electrons. The van der Waals surface area contributed by atoms with E-state index < -0.39 is 0 Å². The van der Waals surface area contributed by atoms with Gasteiger partial charge in [-0.15, -0.1) is 0 Å². The minimum atomic E-state index is 0.0675. The van der Waals surface area contributed by atoms with E-state index in [-0.39, 0.29) is 17.9 Å². The molecule has 1 fully saturated rings. The Bertz CT molecular complexity index is 1040. The number of anilines is 2. The van der Waals surface area contributed by atoms with Crippen LogP contribution in [0.15, 0.2) is 43.1 Å². The third-order valence-corrected chi connectivity index (χ3v) is 5.37. The molecule has 1 N–H and O–H groups in total. The van der Waals surface area contributed by atoms with Crippen LogP contribution >= 0.6 is 0 Å². The van der Waals surface area contributed by atoms with E-state index in [4.69, 9.17) is 9.97 Å². The molecule has 1 aliphatic rings. The number of hydrogen-bond donors (Lipinski definition) is 1. The Balaban J connectivity index is 1.71. The highest BCUT2D eigenvalue weighted by Gasteiger charge is 2.30. The van der Waals surface area contributed by atoms with Crippen molar-refractivity contribution >= 4 is 17.4 Å². The number of nitrogens with zero attached hydrogens (tertiary/aromatic N) is 6. The number of hydrogen-bond acceptors (Lipinski definition) is 7. The van der Waals surface area contributed by atoms with Gasteiger partial charge in [0.15, 0.2) is 0 Å². The highest BCUT2D eigenvalue weighted by atomic mass is 16.2. The summed E-state index contributed by atoms with van der Waals surface area (Å²) in [6.45, 7) is 6.32. The molecule has 0 aromatic carbocycles. The van der Waals surface area contributed by atoms with Crippen LogP contribution in [0.5, 0.6) is 0 Å². The van der Waals surface area contributed by atoms with Crippen molar-refractivity contribution < 1.29 is 4.79 Å². The van der Waals surface area contributed by atoms with Gasteiger partial charge in [-0.2, -0.15) is 0 Å². The SMILES string of the molecule is CC(=O)N1C[C@@H](c2nc(Nc3cncc(C)c3)cc(-c3cnccn3)n2)CC[C@H]1C. The Morgan fingerprint density at radius 2 is 1.93 bits per heavy atom. The first-order valence-electron chi connectivity index (χ1n) is 10.1. The molecule has 2 atom stereocenters. The maximum Gasteiger partial charge on any atom is 0.219 e. The zero-order chi connectivity index (χ0) is 21.1. The number of carbonyl (C=O) groups is 1. The van der Waals surface area contributed by atoms with Crippen molar-refractivity contribution in [3.05, 3.63) is 54.5 Å². The van der Waals surface area contributed by atoms with Gasteiger partial charge < -0.3 is 10.2 Å². The largest absolute Gasteiger partial charge is 0.340 e. The molecule has 4 heterocycles. The molecule has 0 unspecified atom stereocenters. The van der Waals surface area contributed by atoms with Gasteiger partial charge in [0.25, 0.3) is 0 Å². The summed E-state index contributed by atoms with van der Waals surface area (Å²) in [4.78, 5) is 36.4. The van der Waals surface area contributed by atoms with Crippen LogP contribution in [0.1, 0.15) is 44.0 Å². The molecular formula is C22H25N7O. The third-order valence-electron chi connectivity index (χ3n) is 5.37. The maximum absolute atomic E-state index is 12.1. The number of carbonyl (C=O) groups excluding carboxylic acids is 1. The van der Waals surface area contributed by atoms with Crippen molar-refractivity contribution in [1.29, 1.82) is 0 Å². The number of amides is 1. The first-order valence-corrected chi connectivity index (χ1v) is 10.1. The Hall–Kier alpha value is -3.42. The van der Waals surface area contributed by atoms with Crippen LogP contribution in [0.4, 0.5) is 11.5 Å². The van der Waals surface area contributed by atoms with Gasteiger partial charge >= 0.3 is 0 Å². The van der Waals surface area contributed by atoms with Crippen molar-refractivity contribution in [2.24, 2.45) is 0 Å². The second-order valence-corrected chi connectivity index (χ2v) is 7.76. The van der Waals surface area contributed by atoms with Crippen LogP contribution < -0.4 is 5.32 Å². The number of likely N-dealkylation sites (tertiary alicyclic amines) is 1. The van der Waals surface area contributed by atoms with Gasteiger partial charge in [-0.1, -0.05) is 0 Å². The predicted molar refractivity (Wildman–Crippen MR) is 114 cm³/mol. The summed E-state index contributed by atoms with van der Waals surface area (Å²) >= 11 is 0. The molecule has 0 spiro atoms. The molecule has 30 heavy (non-hydrogen) atoms. The number of piperidine rings is 1. The first-order chi connectivity index (χ1) is 14.5. The fourth-order valence-electron chi connectivity index (χ4n) is 3.80. The average Bonchev–Trinajstić information content (AvgIpc) is 2.74. The molecule has 3 aromatic rings. The molecule has 154 valence electrons. The summed E-state index contributed by atoms with van der Waals surface area (Å²) < 4.78 is 0. The molecular weight excluding hydrogens is 378 g/mol. The van der Waals surface area contributed by atoms with Crippen molar-refractivity contribution in [3.8, 4) is 11.4 Å². The number of rotatable bonds is 4. The standard InChI is InChI=1S/C22H25N7O/c1-14-8-18(11-24-10-14)26-21-9-19(20-12-23-6-7-25-20)27-22(28-21)17-5-4-15(2)29(13-17)16(3)30/h6-12,15,17H,4-5,13H2,1-3H3,(H,26,27,28)/t15-,17+/m1/s1. The van der Waals surface area contributed by atoms with Crippen LogP contribution in [0.25, 0.3) is 11.4 Å². The molecule has 4 rings (SSSR count). The molecule has 8 nitrogen and oxygen atoms in total. The van der Waals surface area contributed by atoms with Crippen LogP contribution in [-0.2, 0) is 4.79 Å². The quantitative estimate of drug-likeness (QED) is 0.712. The van der Waals surface area contributed by atoms with Gasteiger partial charge in [0.05, 0.1) is 23.8 Å². The summed E-state index contributed by atoms with van der Waals surface area (Å²) in [7, 11) is 0. The van der Waals surface area contributed by atoms with Crippen molar-refractivity contribution in [2.75, 3.05) is 11.9 Å². The van der Waals surface area contributed by atoms with Gasteiger partial charge in [-0.25, -0.2) is 9.97 Å². The van der Waals surface area contributed by atoms with Crippen LogP contribution in [0.3, 0.4) is 0 Å². The lowest BCUT2D eigenvalue weighted by molar-refractivity contribution is -0.132. The van der Waals surface area contributed by atoms with E-state index in [1.54, 1.807) is 37.9 Å². The number of aromatic nitrogens is 5. The highest BCUT2D eigenvalue weighted by Crippen LogP contribution is 2.31. The van der Waals surface area contributed by atoms with Crippen LogP contribution in [0.2, 0.25) is 0 Å². The summed E-state index contributed by atoms with van der Waals surface area (Å²) in [5.41, 5.74) is 3.29. The Labute approximate surface area is 175 Å². The fraction of sp³-hybridized carbons (Fsp3) is 0.364. The minimum absolute atomic E-state index is 0.0675. The summed E-state index contributed by atoms with van der Waals surface area (Å²) in [6, 6.07) is 4.11. The Morgan fingerprint density at radius 3 is 2.67 bits per heavy atom. The monoisotopic (exact) mass is 403 g/mol. The van der Waals surface area contributed by atoms with Crippen molar-refractivity contribution in [2.45, 2.75) is 45.6 Å². The van der Waals surface area contributed by atoms with Gasteiger partial charge in [0, 0.05) is 50.1 Å². The van der Waals surface area contributed by atoms with E-state index in [0.29, 0.717) is 29.6 Å². The second kappa shape index (κ2) is 8.52. The van der Waals surface area contributed by atoms with E-state index >= 15 is 0 Å². The van der Waals surface area contributed by atoms with Gasteiger partial charge in [-0.05, 0) is 38.3 Å². The van der Waals surface area contributed by atoms with Gasteiger partial charge in [0.2, 0.25) is 5.91 Å². The number of aryl methyl sites for hydroxylation is 1. The third kappa shape index (κ3) is 4.42. The lowest BCUT2D eigenvalue weighted by Crippen LogP contribution is -2.44. The molecule has 1 amide bonds. The lowest BCUT2D eigenvalue weighted by Gasteiger charge is -2.37. The normalized spacial score (nSPS) is 18.8. The topological polar surface area (TPSA) is 96.8 Å². The number of nitrogens with one attached hydrogen (secondary N) is 1. The Kier molecular flexibility index (Phi) is 5.65. The molecule has 3 aromatic heterocycles. The zero-order valence-electron chi connectivity index (χ0n) is 17.4. The molecule has 1 aliphatic heterocycles. The first kappa shape index (κ1) is 19.9. The fourth-order valence-corrected chi connectivity index (χ4v) is 3.80. The van der Waals surface area contributed by atoms with E-state index in [2.05, 4.69) is 27.2 Å².